The Kier molecular flexibility index (Phi) is 5.60. The van der Waals surface area contributed by atoms with E-state index in [1.165, 1.54) is 12.1 Å². The summed E-state index contributed by atoms with van der Waals surface area (Å²) in [5, 5.41) is 4.86. The molecule has 0 aliphatic heterocycles. The van der Waals surface area contributed by atoms with Crippen molar-refractivity contribution in [3.05, 3.63) is 71.9 Å². The molecule has 0 unspecified atom stereocenters. The topological polar surface area (TPSA) is 77.9 Å². The van der Waals surface area contributed by atoms with Crippen molar-refractivity contribution in [3.63, 3.8) is 0 Å². The summed E-state index contributed by atoms with van der Waals surface area (Å²) >= 11 is 0. The van der Waals surface area contributed by atoms with Gasteiger partial charge in [-0.1, -0.05) is 47.1 Å². The Morgan fingerprint density at radius 3 is 2.62 bits per heavy atom. The summed E-state index contributed by atoms with van der Waals surface area (Å²) in [5.41, 5.74) is 2.61. The molecule has 3 rings (SSSR count). The van der Waals surface area contributed by atoms with Gasteiger partial charge in [-0.25, -0.2) is 0 Å². The third kappa shape index (κ3) is 4.44. The van der Waals surface area contributed by atoms with Gasteiger partial charge in [0.2, 0.25) is 0 Å². The monoisotopic (exact) mass is 370 g/mol. The number of nitrogens with zero attached hydrogens (tertiary/aromatic N) is 2. The standard InChI is InChI=1S/C19H18N2O4S/c1-15-7-9-18(10-8-15)26(22,23)25-13-12-24-21-14-17-5-2-4-16-6-3-11-20-19(16)17/h2-11,14H,12-13H2,1H3/b21-14+. The fraction of sp³-hybridized carbons (Fsp3) is 0.158. The van der Waals surface area contributed by atoms with E-state index in [-0.39, 0.29) is 18.1 Å². The average molecular weight is 370 g/mol. The van der Waals surface area contributed by atoms with Crippen molar-refractivity contribution in [3.8, 4) is 0 Å². The number of benzene rings is 2. The van der Waals surface area contributed by atoms with Crippen LogP contribution in [-0.2, 0) is 19.1 Å². The van der Waals surface area contributed by atoms with Crippen molar-refractivity contribution in [1.29, 1.82) is 0 Å². The molecular formula is C19H18N2O4S. The number of pyridine rings is 1. The van der Waals surface area contributed by atoms with Gasteiger partial charge in [-0.15, -0.1) is 0 Å². The second-order valence-corrected chi connectivity index (χ2v) is 7.19. The first kappa shape index (κ1) is 18.0. The second kappa shape index (κ2) is 8.07. The van der Waals surface area contributed by atoms with E-state index in [4.69, 9.17) is 9.02 Å². The molecule has 7 heteroatoms. The van der Waals surface area contributed by atoms with Gasteiger partial charge in [-0.05, 0) is 25.1 Å². The molecule has 0 spiro atoms. The van der Waals surface area contributed by atoms with Crippen LogP contribution in [0.4, 0.5) is 0 Å². The third-order valence-electron chi connectivity index (χ3n) is 3.65. The van der Waals surface area contributed by atoms with Crippen molar-refractivity contribution in [2.75, 3.05) is 13.2 Å². The normalized spacial score (nSPS) is 11.9. The molecule has 0 bridgehead atoms. The molecule has 1 aromatic heterocycles. The van der Waals surface area contributed by atoms with E-state index < -0.39 is 10.1 Å². The first-order chi connectivity index (χ1) is 12.6. The summed E-state index contributed by atoms with van der Waals surface area (Å²) in [6.45, 7) is 1.77. The zero-order valence-corrected chi connectivity index (χ0v) is 15.0. The van der Waals surface area contributed by atoms with Crippen molar-refractivity contribution in [1.82, 2.24) is 4.98 Å². The Balaban J connectivity index is 1.52. The molecular weight excluding hydrogens is 352 g/mol. The van der Waals surface area contributed by atoms with Crippen LogP contribution in [0.3, 0.4) is 0 Å². The molecule has 0 radical (unpaired) electrons. The van der Waals surface area contributed by atoms with Gasteiger partial charge < -0.3 is 4.84 Å². The highest BCUT2D eigenvalue weighted by Gasteiger charge is 2.14. The van der Waals surface area contributed by atoms with E-state index in [1.807, 2.05) is 37.3 Å². The van der Waals surface area contributed by atoms with Gasteiger partial charge >= 0.3 is 0 Å². The molecule has 0 saturated carbocycles. The van der Waals surface area contributed by atoms with Gasteiger partial charge in [0.25, 0.3) is 10.1 Å². The highest BCUT2D eigenvalue weighted by molar-refractivity contribution is 7.86. The molecule has 0 atom stereocenters. The van der Waals surface area contributed by atoms with Crippen LogP contribution < -0.4 is 0 Å². The molecule has 2 aromatic carbocycles. The minimum atomic E-state index is -3.79. The smallest absolute Gasteiger partial charge is 0.297 e. The lowest BCUT2D eigenvalue weighted by Crippen LogP contribution is -2.10. The van der Waals surface area contributed by atoms with Crippen molar-refractivity contribution in [2.24, 2.45) is 5.16 Å². The predicted octanol–water partition coefficient (Wildman–Crippen LogP) is 3.30. The van der Waals surface area contributed by atoms with Gasteiger partial charge in [-0.2, -0.15) is 8.42 Å². The van der Waals surface area contributed by atoms with E-state index in [0.29, 0.717) is 0 Å². The summed E-state index contributed by atoms with van der Waals surface area (Å²) in [5.74, 6) is 0. The van der Waals surface area contributed by atoms with E-state index in [0.717, 1.165) is 22.0 Å². The number of hydrogen-bond acceptors (Lipinski definition) is 6. The van der Waals surface area contributed by atoms with Crippen LogP contribution in [0.15, 0.2) is 70.8 Å². The zero-order chi connectivity index (χ0) is 18.4. The number of para-hydroxylation sites is 1. The number of rotatable bonds is 7. The number of fused-ring (bicyclic) bond motifs is 1. The van der Waals surface area contributed by atoms with Crippen LogP contribution >= 0.6 is 0 Å². The summed E-state index contributed by atoms with van der Waals surface area (Å²) in [6, 6.07) is 16.0. The number of aryl methyl sites for hydroxylation is 1. The molecule has 134 valence electrons. The van der Waals surface area contributed by atoms with E-state index in [9.17, 15) is 8.42 Å². The Hall–Kier alpha value is -2.77. The molecule has 0 saturated heterocycles. The summed E-state index contributed by atoms with van der Waals surface area (Å²) in [7, 11) is -3.79. The van der Waals surface area contributed by atoms with E-state index >= 15 is 0 Å². The predicted molar refractivity (Wildman–Crippen MR) is 99.6 cm³/mol. The van der Waals surface area contributed by atoms with Gasteiger partial charge in [0.1, 0.15) is 13.2 Å². The van der Waals surface area contributed by atoms with Crippen LogP contribution in [-0.4, -0.2) is 32.8 Å². The fourth-order valence-electron chi connectivity index (χ4n) is 2.33. The van der Waals surface area contributed by atoms with Crippen LogP contribution in [0.25, 0.3) is 10.9 Å². The number of hydrogen-bond donors (Lipinski definition) is 0. The van der Waals surface area contributed by atoms with Gasteiger partial charge in [0, 0.05) is 17.1 Å². The third-order valence-corrected chi connectivity index (χ3v) is 4.98. The maximum atomic E-state index is 12.0. The molecule has 1 heterocycles. The fourth-order valence-corrected chi connectivity index (χ4v) is 3.23. The van der Waals surface area contributed by atoms with Crippen LogP contribution in [0, 0.1) is 6.92 Å². The Bertz CT molecular complexity index is 1010. The van der Waals surface area contributed by atoms with Gasteiger partial charge in [-0.3, -0.25) is 9.17 Å². The SMILES string of the molecule is Cc1ccc(S(=O)(=O)OCCO/N=C/c2cccc3cccnc23)cc1. The lowest BCUT2D eigenvalue weighted by atomic mass is 10.1. The highest BCUT2D eigenvalue weighted by Crippen LogP contribution is 2.14. The largest absolute Gasteiger partial charge is 0.393 e. The van der Waals surface area contributed by atoms with Crippen molar-refractivity contribution >= 4 is 27.2 Å². The lowest BCUT2D eigenvalue weighted by molar-refractivity contribution is 0.110. The molecule has 0 fully saturated rings. The molecule has 3 aromatic rings. The summed E-state index contributed by atoms with van der Waals surface area (Å²) < 4.78 is 29.0. The highest BCUT2D eigenvalue weighted by atomic mass is 32.2. The summed E-state index contributed by atoms with van der Waals surface area (Å²) in [4.78, 5) is 9.53. The second-order valence-electron chi connectivity index (χ2n) is 5.58. The molecule has 26 heavy (non-hydrogen) atoms. The van der Waals surface area contributed by atoms with E-state index in [1.54, 1.807) is 24.5 Å². The molecule has 0 aliphatic carbocycles. The quantitative estimate of drug-likeness (QED) is 0.276. The minimum absolute atomic E-state index is 0.0137. The summed E-state index contributed by atoms with van der Waals surface area (Å²) in [6.07, 6.45) is 3.26. The van der Waals surface area contributed by atoms with Crippen molar-refractivity contribution in [2.45, 2.75) is 11.8 Å². The molecule has 0 aliphatic rings. The first-order valence-electron chi connectivity index (χ1n) is 8.01. The van der Waals surface area contributed by atoms with Gasteiger partial charge in [0.05, 0.1) is 16.6 Å². The number of aromatic nitrogens is 1. The maximum absolute atomic E-state index is 12.0. The van der Waals surface area contributed by atoms with Gasteiger partial charge in [0.15, 0.2) is 0 Å². The Morgan fingerprint density at radius 1 is 1.04 bits per heavy atom. The Morgan fingerprint density at radius 2 is 1.81 bits per heavy atom. The minimum Gasteiger partial charge on any atom is -0.393 e. The zero-order valence-electron chi connectivity index (χ0n) is 14.2. The Labute approximate surface area is 152 Å². The molecule has 6 nitrogen and oxygen atoms in total. The van der Waals surface area contributed by atoms with Crippen LogP contribution in [0.5, 0.6) is 0 Å². The number of oxime groups is 1. The van der Waals surface area contributed by atoms with Crippen molar-refractivity contribution < 1.29 is 17.4 Å². The van der Waals surface area contributed by atoms with Crippen LogP contribution in [0.2, 0.25) is 0 Å². The van der Waals surface area contributed by atoms with E-state index in [2.05, 4.69) is 10.1 Å². The molecule has 0 amide bonds. The lowest BCUT2D eigenvalue weighted by Gasteiger charge is -2.05. The first-order valence-corrected chi connectivity index (χ1v) is 9.42. The average Bonchev–Trinajstić information content (AvgIpc) is 2.65. The van der Waals surface area contributed by atoms with Crippen LogP contribution in [0.1, 0.15) is 11.1 Å². The maximum Gasteiger partial charge on any atom is 0.297 e. The molecule has 0 N–H and O–H groups in total.